The average molecular weight is 541 g/mol. The monoisotopic (exact) mass is 539 g/mol. The first-order chi connectivity index (χ1) is 15.8. The van der Waals surface area contributed by atoms with Crippen LogP contribution in [0.3, 0.4) is 0 Å². The molecule has 7 nitrogen and oxygen atoms in total. The van der Waals surface area contributed by atoms with Crippen molar-refractivity contribution in [2.45, 2.75) is 76.2 Å². The molecule has 2 fully saturated rings. The minimum absolute atomic E-state index is 0.0741. The highest BCUT2D eigenvalue weighted by molar-refractivity contribution is 9.10. The van der Waals surface area contributed by atoms with E-state index in [1.54, 1.807) is 17.9 Å². The van der Waals surface area contributed by atoms with Crippen LogP contribution < -0.4 is 4.90 Å². The van der Waals surface area contributed by atoms with E-state index >= 15 is 0 Å². The molecular weight excluding hydrogens is 506 g/mol. The molecule has 4 rings (SSSR count). The fourth-order valence-electron chi connectivity index (χ4n) is 5.56. The Labute approximate surface area is 205 Å². The summed E-state index contributed by atoms with van der Waals surface area (Å²) in [5, 5.41) is 0. The maximum Gasteiger partial charge on any atom is 0.245 e. The molecule has 0 aromatic heterocycles. The molecule has 0 unspecified atom stereocenters. The van der Waals surface area contributed by atoms with Crippen LogP contribution >= 0.6 is 15.9 Å². The van der Waals surface area contributed by atoms with Gasteiger partial charge in [0.2, 0.25) is 21.8 Å². The van der Waals surface area contributed by atoms with E-state index in [9.17, 15) is 18.0 Å². The van der Waals surface area contributed by atoms with Crippen LogP contribution in [0.15, 0.2) is 21.5 Å². The molecule has 0 N–H and O–H groups in total. The topological polar surface area (TPSA) is 78.0 Å². The molecule has 0 bridgehead atoms. The largest absolute Gasteiger partial charge is 0.339 e. The van der Waals surface area contributed by atoms with Crippen LogP contribution in [-0.4, -0.2) is 61.7 Å². The smallest absolute Gasteiger partial charge is 0.245 e. The quantitative estimate of drug-likeness (QED) is 0.567. The molecular formula is C24H34BrN3O4S. The fourth-order valence-corrected chi connectivity index (χ4v) is 8.00. The molecule has 3 aliphatic heterocycles. The van der Waals surface area contributed by atoms with Crippen molar-refractivity contribution in [2.75, 3.05) is 31.1 Å². The Balaban J connectivity index is 1.62. The van der Waals surface area contributed by atoms with Gasteiger partial charge in [0.05, 0.1) is 11.6 Å². The van der Waals surface area contributed by atoms with Crippen molar-refractivity contribution in [1.82, 2.24) is 9.21 Å². The minimum Gasteiger partial charge on any atom is -0.339 e. The first-order valence-electron chi connectivity index (χ1n) is 12.2. The maximum atomic E-state index is 13.9. The van der Waals surface area contributed by atoms with Gasteiger partial charge in [-0.2, -0.15) is 4.31 Å². The van der Waals surface area contributed by atoms with Gasteiger partial charge < -0.3 is 9.80 Å². The summed E-state index contributed by atoms with van der Waals surface area (Å²) in [7, 11) is -3.86. The van der Waals surface area contributed by atoms with Crippen LogP contribution in [0, 0.1) is 5.92 Å². The standard InChI is InChI=1S/C24H34BrN3O4S/c1-3-20-9-5-6-12-27(20)24(30)18-8-7-11-26(16-18)33(31,32)21-15-19(25)14-17-10-13-28(23(17)21)22(29)4-2/h14-15,18,20H,3-13,16H2,1-2H3/t18-,20-/m0/s1. The number of sulfonamides is 1. The summed E-state index contributed by atoms with van der Waals surface area (Å²) in [5.41, 5.74) is 1.38. The van der Waals surface area contributed by atoms with Crippen molar-refractivity contribution in [3.8, 4) is 0 Å². The van der Waals surface area contributed by atoms with Crippen molar-refractivity contribution < 1.29 is 18.0 Å². The highest BCUT2D eigenvalue weighted by atomic mass is 79.9. The summed E-state index contributed by atoms with van der Waals surface area (Å²) in [6.07, 6.45) is 6.47. The minimum atomic E-state index is -3.86. The van der Waals surface area contributed by atoms with E-state index in [1.165, 1.54) is 4.31 Å². The second-order valence-corrected chi connectivity index (χ2v) is 12.2. The first-order valence-corrected chi connectivity index (χ1v) is 14.4. The van der Waals surface area contributed by atoms with Crippen LogP contribution in [0.1, 0.15) is 64.4 Å². The fraction of sp³-hybridized carbons (Fsp3) is 0.667. The van der Waals surface area contributed by atoms with E-state index in [0.29, 0.717) is 42.5 Å². The van der Waals surface area contributed by atoms with Crippen molar-refractivity contribution >= 4 is 43.5 Å². The third-order valence-corrected chi connectivity index (χ3v) is 9.67. The van der Waals surface area contributed by atoms with Gasteiger partial charge in [-0.25, -0.2) is 8.42 Å². The Morgan fingerprint density at radius 1 is 1.06 bits per heavy atom. The number of carbonyl (C=O) groups is 2. The lowest BCUT2D eigenvalue weighted by molar-refractivity contribution is -0.140. The highest BCUT2D eigenvalue weighted by Gasteiger charge is 2.40. The van der Waals surface area contributed by atoms with E-state index in [4.69, 9.17) is 0 Å². The van der Waals surface area contributed by atoms with E-state index in [0.717, 1.165) is 44.2 Å². The second-order valence-electron chi connectivity index (χ2n) is 9.35. The van der Waals surface area contributed by atoms with Crippen molar-refractivity contribution in [2.24, 2.45) is 5.92 Å². The summed E-state index contributed by atoms with van der Waals surface area (Å²) in [6.45, 7) is 5.77. The van der Waals surface area contributed by atoms with E-state index < -0.39 is 10.0 Å². The third-order valence-electron chi connectivity index (χ3n) is 7.33. The summed E-state index contributed by atoms with van der Waals surface area (Å²) in [5.74, 6) is -0.284. The summed E-state index contributed by atoms with van der Waals surface area (Å²) >= 11 is 3.46. The van der Waals surface area contributed by atoms with Gasteiger partial charge in [0.15, 0.2) is 0 Å². The molecule has 33 heavy (non-hydrogen) atoms. The number of benzene rings is 1. The number of piperidine rings is 2. The Bertz CT molecular complexity index is 1030. The van der Waals surface area contributed by atoms with Crippen molar-refractivity contribution in [1.29, 1.82) is 0 Å². The lowest BCUT2D eigenvalue weighted by atomic mass is 9.93. The average Bonchev–Trinajstić information content (AvgIpc) is 3.26. The third kappa shape index (κ3) is 4.73. The first kappa shape index (κ1) is 24.7. The van der Waals surface area contributed by atoms with Gasteiger partial charge >= 0.3 is 0 Å². The van der Waals surface area contributed by atoms with Gasteiger partial charge in [0.25, 0.3) is 0 Å². The van der Waals surface area contributed by atoms with Crippen LogP contribution in [0.5, 0.6) is 0 Å². The Morgan fingerprint density at radius 2 is 1.85 bits per heavy atom. The Kier molecular flexibility index (Phi) is 7.50. The second kappa shape index (κ2) is 10.0. The normalized spacial score (nSPS) is 24.1. The van der Waals surface area contributed by atoms with Gasteiger partial charge in [-0.3, -0.25) is 9.59 Å². The van der Waals surface area contributed by atoms with Crippen molar-refractivity contribution in [3.05, 3.63) is 22.2 Å². The predicted molar refractivity (Wildman–Crippen MR) is 132 cm³/mol. The number of anilines is 1. The zero-order valence-corrected chi connectivity index (χ0v) is 22.0. The molecule has 2 atom stereocenters. The zero-order chi connectivity index (χ0) is 23.8. The highest BCUT2D eigenvalue weighted by Crippen LogP contribution is 2.40. The van der Waals surface area contributed by atoms with Crippen LogP contribution in [0.4, 0.5) is 5.69 Å². The van der Waals surface area contributed by atoms with Crippen molar-refractivity contribution in [3.63, 3.8) is 0 Å². The number of hydrogen-bond acceptors (Lipinski definition) is 4. The van der Waals surface area contributed by atoms with Crippen LogP contribution in [-0.2, 0) is 26.0 Å². The predicted octanol–water partition coefficient (Wildman–Crippen LogP) is 3.94. The number of amides is 2. The zero-order valence-electron chi connectivity index (χ0n) is 19.6. The van der Waals surface area contributed by atoms with Gasteiger partial charge in [-0.1, -0.05) is 29.8 Å². The number of halogens is 1. The molecule has 182 valence electrons. The number of fused-ring (bicyclic) bond motifs is 1. The summed E-state index contributed by atoms with van der Waals surface area (Å²) < 4.78 is 29.9. The lowest BCUT2D eigenvalue weighted by Crippen LogP contribution is -2.51. The molecule has 1 aromatic carbocycles. The molecule has 0 radical (unpaired) electrons. The number of hydrogen-bond donors (Lipinski definition) is 0. The van der Waals surface area contributed by atoms with E-state index in [2.05, 4.69) is 22.9 Å². The van der Waals surface area contributed by atoms with Gasteiger partial charge in [0.1, 0.15) is 4.90 Å². The molecule has 3 aliphatic rings. The van der Waals surface area contributed by atoms with Gasteiger partial charge in [-0.15, -0.1) is 0 Å². The molecule has 0 saturated carbocycles. The molecule has 1 aromatic rings. The maximum absolute atomic E-state index is 13.9. The molecule has 0 spiro atoms. The Morgan fingerprint density at radius 3 is 2.58 bits per heavy atom. The summed E-state index contributed by atoms with van der Waals surface area (Å²) in [4.78, 5) is 29.7. The van der Waals surface area contributed by atoms with Crippen LogP contribution in [0.2, 0.25) is 0 Å². The lowest BCUT2D eigenvalue weighted by Gasteiger charge is -2.40. The molecule has 3 heterocycles. The van der Waals surface area contributed by atoms with Gasteiger partial charge in [0, 0.05) is 43.1 Å². The van der Waals surface area contributed by atoms with E-state index in [-0.39, 0.29) is 35.2 Å². The Hall–Kier alpha value is -1.45. The molecule has 2 amide bonds. The molecule has 0 aliphatic carbocycles. The number of likely N-dealkylation sites (tertiary alicyclic amines) is 1. The molecule has 2 saturated heterocycles. The number of carbonyl (C=O) groups excluding carboxylic acids is 2. The van der Waals surface area contributed by atoms with Crippen LogP contribution in [0.25, 0.3) is 0 Å². The van der Waals surface area contributed by atoms with Gasteiger partial charge in [-0.05, 0) is 62.6 Å². The summed E-state index contributed by atoms with van der Waals surface area (Å²) in [6, 6.07) is 3.78. The molecule has 9 heteroatoms. The SMILES string of the molecule is CCC(=O)N1CCc2cc(Br)cc(S(=O)(=O)N3CCC[C@H](C(=O)N4CCCC[C@@H]4CC)C3)c21. The number of nitrogens with zero attached hydrogens (tertiary/aromatic N) is 3. The van der Waals surface area contributed by atoms with E-state index in [1.807, 2.05) is 11.0 Å². The number of rotatable bonds is 5.